The molecule has 7 nitrogen and oxygen atoms in total. The van der Waals surface area contributed by atoms with E-state index in [2.05, 4.69) is 20.6 Å². The minimum Gasteiger partial charge on any atom is -0.356 e. The van der Waals surface area contributed by atoms with Crippen LogP contribution in [0.4, 0.5) is 5.69 Å². The van der Waals surface area contributed by atoms with Crippen LogP contribution >= 0.6 is 0 Å². The van der Waals surface area contributed by atoms with Crippen molar-refractivity contribution < 1.29 is 9.32 Å². The highest BCUT2D eigenvalue weighted by Crippen LogP contribution is 2.22. The molecular formula is C15H17N5O2. The fourth-order valence-corrected chi connectivity index (χ4v) is 2.02. The van der Waals surface area contributed by atoms with Gasteiger partial charge in [0.1, 0.15) is 6.33 Å². The molecule has 0 atom stereocenters. The molecule has 0 aliphatic rings. The van der Waals surface area contributed by atoms with E-state index in [-0.39, 0.29) is 17.3 Å². The van der Waals surface area contributed by atoms with Gasteiger partial charge < -0.3 is 9.84 Å². The second-order valence-electron chi connectivity index (χ2n) is 6.12. The molecular weight excluding hydrogens is 282 g/mol. The Hall–Kier alpha value is -2.70. The smallest absolute Gasteiger partial charge is 0.295 e. The topological polar surface area (TPSA) is 85.8 Å². The molecule has 3 rings (SSSR count). The standard InChI is InChI=1S/C15H17N5O2/c1-9-11-6-5-10(7-12(11)22-19-9)17-14(21)13-16-8-20(18-13)15(2,3)4/h5-8H,1-4H3,(H,17,21). The number of carbonyl (C=O) groups is 1. The van der Waals surface area contributed by atoms with E-state index in [1.807, 2.05) is 33.8 Å². The van der Waals surface area contributed by atoms with Crippen molar-refractivity contribution in [3.8, 4) is 0 Å². The van der Waals surface area contributed by atoms with Crippen LogP contribution in [-0.4, -0.2) is 25.8 Å². The maximum Gasteiger partial charge on any atom is 0.295 e. The summed E-state index contributed by atoms with van der Waals surface area (Å²) >= 11 is 0. The SMILES string of the molecule is Cc1noc2cc(NC(=O)c3ncn(C(C)(C)C)n3)ccc12. The molecule has 1 aromatic carbocycles. The summed E-state index contributed by atoms with van der Waals surface area (Å²) in [6.07, 6.45) is 1.55. The Bertz CT molecular complexity index is 841. The Labute approximate surface area is 127 Å². The third-order valence-electron chi connectivity index (χ3n) is 3.29. The summed E-state index contributed by atoms with van der Waals surface area (Å²) in [6.45, 7) is 7.84. The first kappa shape index (κ1) is 14.2. The van der Waals surface area contributed by atoms with Gasteiger partial charge in [-0.3, -0.25) is 4.79 Å². The summed E-state index contributed by atoms with van der Waals surface area (Å²) in [5, 5.41) is 11.8. The van der Waals surface area contributed by atoms with Gasteiger partial charge in [-0.25, -0.2) is 9.67 Å². The van der Waals surface area contributed by atoms with Crippen LogP contribution in [0.1, 0.15) is 37.1 Å². The first-order valence-electron chi connectivity index (χ1n) is 6.94. The lowest BCUT2D eigenvalue weighted by Gasteiger charge is -2.17. The molecule has 1 N–H and O–H groups in total. The van der Waals surface area contributed by atoms with Gasteiger partial charge in [0.25, 0.3) is 5.91 Å². The van der Waals surface area contributed by atoms with Crippen molar-refractivity contribution in [3.05, 3.63) is 36.0 Å². The molecule has 114 valence electrons. The maximum atomic E-state index is 12.2. The number of nitrogens with one attached hydrogen (secondary N) is 1. The number of nitrogens with zero attached hydrogens (tertiary/aromatic N) is 4. The number of amides is 1. The van der Waals surface area contributed by atoms with Gasteiger partial charge in [0.2, 0.25) is 5.82 Å². The van der Waals surface area contributed by atoms with Crippen molar-refractivity contribution >= 4 is 22.6 Å². The highest BCUT2D eigenvalue weighted by molar-refractivity contribution is 6.02. The zero-order valence-corrected chi connectivity index (χ0v) is 12.9. The Morgan fingerprint density at radius 3 is 2.77 bits per heavy atom. The fraction of sp³-hybridized carbons (Fsp3) is 0.333. The molecule has 0 radical (unpaired) electrons. The van der Waals surface area contributed by atoms with E-state index in [1.165, 1.54) is 0 Å². The quantitative estimate of drug-likeness (QED) is 0.786. The van der Waals surface area contributed by atoms with Gasteiger partial charge in [-0.1, -0.05) is 5.16 Å². The van der Waals surface area contributed by atoms with Gasteiger partial charge in [-0.05, 0) is 39.8 Å². The van der Waals surface area contributed by atoms with E-state index >= 15 is 0 Å². The molecule has 0 fully saturated rings. The molecule has 2 aromatic heterocycles. The number of aromatic nitrogens is 4. The molecule has 7 heteroatoms. The molecule has 2 heterocycles. The summed E-state index contributed by atoms with van der Waals surface area (Å²) in [5.41, 5.74) is 1.84. The van der Waals surface area contributed by atoms with Crippen LogP contribution < -0.4 is 5.32 Å². The minimum absolute atomic E-state index is 0.128. The number of carbonyl (C=O) groups excluding carboxylic acids is 1. The molecule has 1 amide bonds. The average molecular weight is 299 g/mol. The molecule has 0 spiro atoms. The summed E-state index contributed by atoms with van der Waals surface area (Å²) in [4.78, 5) is 16.2. The monoisotopic (exact) mass is 299 g/mol. The first-order valence-corrected chi connectivity index (χ1v) is 6.94. The van der Waals surface area contributed by atoms with E-state index in [9.17, 15) is 4.79 Å². The number of fused-ring (bicyclic) bond motifs is 1. The van der Waals surface area contributed by atoms with Crippen molar-refractivity contribution in [1.82, 2.24) is 19.9 Å². The van der Waals surface area contributed by atoms with E-state index in [0.717, 1.165) is 11.1 Å². The van der Waals surface area contributed by atoms with Gasteiger partial charge >= 0.3 is 0 Å². The Balaban J connectivity index is 1.82. The van der Waals surface area contributed by atoms with Crippen molar-refractivity contribution in [3.63, 3.8) is 0 Å². The largest absolute Gasteiger partial charge is 0.356 e. The van der Waals surface area contributed by atoms with Crippen molar-refractivity contribution in [1.29, 1.82) is 0 Å². The highest BCUT2D eigenvalue weighted by Gasteiger charge is 2.18. The van der Waals surface area contributed by atoms with Gasteiger partial charge in [-0.15, -0.1) is 5.10 Å². The van der Waals surface area contributed by atoms with Gasteiger partial charge in [0.05, 0.1) is 11.2 Å². The average Bonchev–Trinajstić information content (AvgIpc) is 3.06. The molecule has 3 aromatic rings. The van der Waals surface area contributed by atoms with Crippen molar-refractivity contribution in [2.24, 2.45) is 0 Å². The lowest BCUT2D eigenvalue weighted by molar-refractivity contribution is 0.101. The number of hydrogen-bond acceptors (Lipinski definition) is 5. The number of hydrogen-bond donors (Lipinski definition) is 1. The van der Waals surface area contributed by atoms with Crippen molar-refractivity contribution in [2.75, 3.05) is 5.32 Å². The van der Waals surface area contributed by atoms with E-state index in [0.29, 0.717) is 11.3 Å². The molecule has 0 bridgehead atoms. The van der Waals surface area contributed by atoms with Crippen molar-refractivity contribution in [2.45, 2.75) is 33.2 Å². The Morgan fingerprint density at radius 2 is 2.09 bits per heavy atom. The predicted molar refractivity (Wildman–Crippen MR) is 81.7 cm³/mol. The molecule has 0 unspecified atom stereocenters. The predicted octanol–water partition coefficient (Wildman–Crippen LogP) is 2.74. The Morgan fingerprint density at radius 1 is 1.32 bits per heavy atom. The van der Waals surface area contributed by atoms with Gasteiger partial charge in [0, 0.05) is 17.1 Å². The molecule has 0 saturated heterocycles. The van der Waals surface area contributed by atoms with Crippen LogP contribution in [-0.2, 0) is 5.54 Å². The molecule has 0 aliphatic carbocycles. The van der Waals surface area contributed by atoms with Crippen LogP contribution in [0.5, 0.6) is 0 Å². The number of rotatable bonds is 2. The third kappa shape index (κ3) is 2.57. The van der Waals surface area contributed by atoms with E-state index in [1.54, 1.807) is 23.1 Å². The summed E-state index contributed by atoms with van der Waals surface area (Å²) in [6, 6.07) is 5.39. The number of benzene rings is 1. The second-order valence-corrected chi connectivity index (χ2v) is 6.12. The first-order chi connectivity index (χ1) is 10.3. The third-order valence-corrected chi connectivity index (χ3v) is 3.29. The highest BCUT2D eigenvalue weighted by atomic mass is 16.5. The zero-order valence-electron chi connectivity index (χ0n) is 12.9. The van der Waals surface area contributed by atoms with Crippen LogP contribution in [0.3, 0.4) is 0 Å². The molecule has 0 aliphatic heterocycles. The molecule has 22 heavy (non-hydrogen) atoms. The maximum absolute atomic E-state index is 12.2. The normalized spacial score (nSPS) is 11.8. The summed E-state index contributed by atoms with van der Waals surface area (Å²) in [7, 11) is 0. The summed E-state index contributed by atoms with van der Waals surface area (Å²) in [5.74, 6) is -0.234. The lowest BCUT2D eigenvalue weighted by Crippen LogP contribution is -2.23. The number of aryl methyl sites for hydroxylation is 1. The fourth-order valence-electron chi connectivity index (χ4n) is 2.02. The minimum atomic E-state index is -0.362. The molecule has 0 saturated carbocycles. The van der Waals surface area contributed by atoms with E-state index < -0.39 is 0 Å². The van der Waals surface area contributed by atoms with Crippen LogP contribution in [0, 0.1) is 6.92 Å². The van der Waals surface area contributed by atoms with Crippen LogP contribution in [0.2, 0.25) is 0 Å². The number of anilines is 1. The van der Waals surface area contributed by atoms with Crippen LogP contribution in [0.25, 0.3) is 11.0 Å². The lowest BCUT2D eigenvalue weighted by atomic mass is 10.1. The van der Waals surface area contributed by atoms with Gasteiger partial charge in [0.15, 0.2) is 5.58 Å². The van der Waals surface area contributed by atoms with E-state index in [4.69, 9.17) is 4.52 Å². The zero-order chi connectivity index (χ0) is 15.9. The second kappa shape index (κ2) is 4.94. The van der Waals surface area contributed by atoms with Crippen LogP contribution in [0.15, 0.2) is 29.0 Å². The Kier molecular flexibility index (Phi) is 3.20. The van der Waals surface area contributed by atoms with Gasteiger partial charge in [-0.2, -0.15) is 0 Å². The summed E-state index contributed by atoms with van der Waals surface area (Å²) < 4.78 is 6.85.